The minimum absolute atomic E-state index is 0.120. The van der Waals surface area contributed by atoms with Gasteiger partial charge in [-0.15, -0.1) is 12.6 Å². The van der Waals surface area contributed by atoms with Gasteiger partial charge < -0.3 is 5.73 Å². The third-order valence-corrected chi connectivity index (χ3v) is 9.21. The second-order valence-electron chi connectivity index (χ2n) is 8.18. The monoisotopic (exact) mass is 453 g/mol. The Morgan fingerprint density at radius 3 is 1.27 bits per heavy atom. The Morgan fingerprint density at radius 1 is 0.731 bits per heavy atom. The Labute approximate surface area is 184 Å². The van der Waals surface area contributed by atoms with E-state index in [9.17, 15) is 0 Å². The molecule has 0 spiro atoms. The van der Waals surface area contributed by atoms with E-state index >= 15 is 0 Å². The smallest absolute Gasteiger partial charge is 0.128 e. The van der Waals surface area contributed by atoms with E-state index < -0.39 is 0 Å². The molecule has 0 aliphatic carbocycles. The van der Waals surface area contributed by atoms with E-state index in [4.69, 9.17) is 5.73 Å². The molecule has 0 fully saturated rings. The number of hydrogen-bond acceptors (Lipinski definition) is 1. The maximum atomic E-state index is 4.71. The topological polar surface area (TPSA) is 26.0 Å². The maximum absolute atomic E-state index is 4.71. The Balaban J connectivity index is 0. The van der Waals surface area contributed by atoms with Crippen molar-refractivity contribution in [3.8, 4) is 0 Å². The first-order chi connectivity index (χ1) is 12.5. The first-order valence-electron chi connectivity index (χ1n) is 11.5. The molecule has 154 valence electrons. The van der Waals surface area contributed by atoms with Crippen LogP contribution in [-0.4, -0.2) is 4.32 Å². The van der Waals surface area contributed by atoms with Crippen LogP contribution in [0.25, 0.3) is 0 Å². The van der Waals surface area contributed by atoms with Crippen molar-refractivity contribution in [2.75, 3.05) is 0 Å². The summed E-state index contributed by atoms with van der Waals surface area (Å²) in [6.07, 6.45) is 23.8. The Hall–Kier alpha value is 0.863. The second kappa shape index (κ2) is 25.9. The molecule has 2 N–H and O–H groups in total. The van der Waals surface area contributed by atoms with E-state index in [0.717, 1.165) is 4.51 Å². The van der Waals surface area contributed by atoms with Gasteiger partial charge in [-0.1, -0.05) is 51.2 Å². The maximum Gasteiger partial charge on any atom is 0.128 e. The summed E-state index contributed by atoms with van der Waals surface area (Å²) in [5, 5.41) is 1.64. The van der Waals surface area contributed by atoms with Gasteiger partial charge in [0.15, 0.2) is 0 Å². The first-order valence-corrected chi connectivity index (χ1v) is 16.2. The van der Waals surface area contributed by atoms with Crippen molar-refractivity contribution in [1.82, 2.24) is 0 Å². The van der Waals surface area contributed by atoms with E-state index in [1.54, 1.807) is 11.4 Å². The Bertz CT molecular complexity index is 269. The van der Waals surface area contributed by atoms with Gasteiger partial charge in [-0.2, -0.15) is 0 Å². The van der Waals surface area contributed by atoms with E-state index in [1.165, 1.54) is 96.3 Å². The molecule has 26 heavy (non-hydrogen) atoms. The summed E-state index contributed by atoms with van der Waals surface area (Å²) in [4.78, 5) is 0. The number of hydrogen-bond donors (Lipinski definition) is 2. The van der Waals surface area contributed by atoms with Crippen molar-refractivity contribution in [3.63, 3.8) is 0 Å². The fraction of sp³-hybridized carbons (Fsp3) is 0.955. The molecule has 0 aliphatic heterocycles. The molecule has 0 rings (SSSR count). The van der Waals surface area contributed by atoms with E-state index in [2.05, 4.69) is 45.6 Å². The van der Waals surface area contributed by atoms with Crippen LogP contribution >= 0.6 is 24.8 Å². The summed E-state index contributed by atoms with van der Waals surface area (Å²) in [5.41, 5.74) is 4.71. The van der Waals surface area contributed by atoms with Crippen molar-refractivity contribution in [1.29, 1.82) is 0 Å². The summed E-state index contributed by atoms with van der Waals surface area (Å²) in [6.45, 7) is 7.15. The average Bonchev–Trinajstić information content (AvgIpc) is 2.57. The van der Waals surface area contributed by atoms with E-state index in [1.807, 2.05) is 0 Å². The normalized spacial score (nSPS) is 10.3. The van der Waals surface area contributed by atoms with Gasteiger partial charge in [0.05, 0.1) is 0 Å². The van der Waals surface area contributed by atoms with Crippen molar-refractivity contribution in [2.24, 2.45) is 5.73 Å². The van der Waals surface area contributed by atoms with Crippen molar-refractivity contribution < 1.29 is 17.1 Å². The molecule has 0 saturated heterocycles. The van der Waals surface area contributed by atoms with Crippen LogP contribution in [0, 0.1) is 0 Å². The van der Waals surface area contributed by atoms with Gasteiger partial charge in [-0.05, 0) is 0 Å². The van der Waals surface area contributed by atoms with Crippen molar-refractivity contribution in [3.05, 3.63) is 0 Å². The summed E-state index contributed by atoms with van der Waals surface area (Å²) in [6, 6.07) is 0. The van der Waals surface area contributed by atoms with E-state index in [-0.39, 0.29) is 21.4 Å². The zero-order chi connectivity index (χ0) is 19.9. The number of rotatable bonds is 18. The van der Waals surface area contributed by atoms with E-state index in [0.29, 0.717) is 0 Å². The fourth-order valence-electron chi connectivity index (χ4n) is 3.28. The standard InChI is InChI=1S/C18H37.C3H7.CH3NS2.Zn/c1-3-5-7-9-11-13-15-17-18-16-14-12-10-8-6-4-2;1-3-2;2-1(3)4;/h1,3-18H2,2H3;3H,1-2H3;(H3,2,3,4);. The Morgan fingerprint density at radius 2 is 1.00 bits per heavy atom. The van der Waals surface area contributed by atoms with Crippen LogP contribution in [0.5, 0.6) is 0 Å². The zero-order valence-corrected chi connectivity index (χ0v) is 22.9. The van der Waals surface area contributed by atoms with Crippen LogP contribution in [0.2, 0.25) is 9.53 Å². The van der Waals surface area contributed by atoms with Crippen molar-refractivity contribution >= 4 is 29.2 Å². The molecule has 0 atom stereocenters. The van der Waals surface area contributed by atoms with Crippen LogP contribution in [0.3, 0.4) is 0 Å². The van der Waals surface area contributed by atoms with Gasteiger partial charge >= 0.3 is 111 Å². The van der Waals surface area contributed by atoms with Crippen LogP contribution in [0.15, 0.2) is 0 Å². The average molecular weight is 455 g/mol. The van der Waals surface area contributed by atoms with Crippen molar-refractivity contribution in [2.45, 2.75) is 133 Å². The minimum Gasteiger partial charge on any atom is -0.385 e. The molecule has 0 heterocycles. The molecule has 0 saturated carbocycles. The van der Waals surface area contributed by atoms with Gasteiger partial charge in [0.1, 0.15) is 4.32 Å². The molecular weight excluding hydrogens is 408 g/mol. The largest absolute Gasteiger partial charge is 0.385 e. The first kappa shape index (κ1) is 29.1. The number of thiocarbonyl (C=S) groups is 1. The summed E-state index contributed by atoms with van der Waals surface area (Å²) in [5.74, 6) is 0. The predicted octanol–water partition coefficient (Wildman–Crippen LogP) is 8.74. The number of unbranched alkanes of at least 4 members (excludes halogenated alkanes) is 15. The second-order valence-corrected chi connectivity index (χ2v) is 15.5. The molecule has 0 bridgehead atoms. The van der Waals surface area contributed by atoms with Crippen LogP contribution in [0.1, 0.15) is 124 Å². The molecule has 0 radical (unpaired) electrons. The van der Waals surface area contributed by atoms with Crippen LogP contribution in [0.4, 0.5) is 0 Å². The summed E-state index contributed by atoms with van der Waals surface area (Å²) < 4.78 is 1.28. The SMILES string of the molecule is CCCCCCCCCCCCCCCCC[CH2][Zn][CH](C)C.NC(=S)S. The molecule has 0 unspecified atom stereocenters. The molecule has 1 nitrogen and oxygen atoms in total. The molecule has 4 heteroatoms. The fourth-order valence-corrected chi connectivity index (χ4v) is 6.34. The third-order valence-electron chi connectivity index (χ3n) is 4.89. The van der Waals surface area contributed by atoms with Crippen LogP contribution in [-0.2, 0) is 17.1 Å². The molecule has 0 aliphatic rings. The molecular formula is C22H47NS2Zn. The summed E-state index contributed by atoms with van der Waals surface area (Å²) >= 11 is 7.53. The Kier molecular flexibility index (Phi) is 28.9. The van der Waals surface area contributed by atoms with Gasteiger partial charge in [0, 0.05) is 0 Å². The quantitative estimate of drug-likeness (QED) is 0.0936. The minimum atomic E-state index is -0.120. The van der Waals surface area contributed by atoms with Gasteiger partial charge in [-0.25, -0.2) is 0 Å². The summed E-state index contributed by atoms with van der Waals surface area (Å²) in [7, 11) is 0. The predicted molar refractivity (Wildman–Crippen MR) is 125 cm³/mol. The van der Waals surface area contributed by atoms with Gasteiger partial charge in [0.25, 0.3) is 0 Å². The number of nitrogens with two attached hydrogens (primary N) is 1. The molecule has 0 aromatic carbocycles. The van der Waals surface area contributed by atoms with Gasteiger partial charge in [-0.3, -0.25) is 0 Å². The number of thiol groups is 1. The third kappa shape index (κ3) is 35.9. The van der Waals surface area contributed by atoms with Gasteiger partial charge in [0.2, 0.25) is 0 Å². The molecule has 0 amide bonds. The zero-order valence-electron chi connectivity index (χ0n) is 18.2. The molecule has 0 aromatic heterocycles. The molecule has 0 aromatic rings. The van der Waals surface area contributed by atoms with Crippen LogP contribution < -0.4 is 5.73 Å².